The Morgan fingerprint density at radius 1 is 1.15 bits per heavy atom. The third-order valence-corrected chi connectivity index (χ3v) is 5.81. The summed E-state index contributed by atoms with van der Waals surface area (Å²) in [7, 11) is 1.68. The lowest BCUT2D eigenvalue weighted by Crippen LogP contribution is -3.14. The predicted molar refractivity (Wildman–Crippen MR) is 105 cm³/mol. The van der Waals surface area contributed by atoms with Crippen molar-refractivity contribution >= 4 is 27.6 Å². The van der Waals surface area contributed by atoms with Crippen molar-refractivity contribution in [2.75, 3.05) is 44.7 Å². The molecule has 136 valence electrons. The second kappa shape index (κ2) is 7.55. The summed E-state index contributed by atoms with van der Waals surface area (Å²) in [4.78, 5) is 13.2. The minimum Gasteiger partial charge on any atom is -0.497 e. The molecule has 2 aromatic heterocycles. The molecule has 0 aliphatic carbocycles. The summed E-state index contributed by atoms with van der Waals surface area (Å²) in [6, 6.07) is 7.97. The Bertz CT molecular complexity index is 871. The molecule has 0 saturated carbocycles. The van der Waals surface area contributed by atoms with Crippen LogP contribution in [0.15, 0.2) is 30.6 Å². The Labute approximate surface area is 157 Å². The maximum atomic E-state index is 5.25. The SMILES string of the molecule is CCC[NH+]1CCN(c2ncnc3c(-c4ccc(OC)cc4)nsc23)CC1. The van der Waals surface area contributed by atoms with Crippen LogP contribution in [0.25, 0.3) is 21.5 Å². The van der Waals surface area contributed by atoms with Gasteiger partial charge in [-0.25, -0.2) is 9.97 Å². The van der Waals surface area contributed by atoms with Crippen molar-refractivity contribution < 1.29 is 9.64 Å². The molecule has 3 heterocycles. The lowest BCUT2D eigenvalue weighted by atomic mass is 10.1. The van der Waals surface area contributed by atoms with E-state index in [0.717, 1.165) is 46.1 Å². The first-order chi connectivity index (χ1) is 12.8. The molecule has 26 heavy (non-hydrogen) atoms. The molecule has 1 saturated heterocycles. The number of piperazine rings is 1. The second-order valence-corrected chi connectivity index (χ2v) is 7.40. The number of ether oxygens (including phenoxy) is 1. The fourth-order valence-electron chi connectivity index (χ4n) is 3.55. The number of anilines is 1. The zero-order chi connectivity index (χ0) is 17.9. The number of methoxy groups -OCH3 is 1. The molecule has 0 spiro atoms. The van der Waals surface area contributed by atoms with Gasteiger partial charge in [0.15, 0.2) is 5.82 Å². The summed E-state index contributed by atoms with van der Waals surface area (Å²) in [6.07, 6.45) is 2.91. The molecule has 3 aromatic rings. The molecule has 1 aliphatic heterocycles. The molecule has 1 fully saturated rings. The maximum Gasteiger partial charge on any atom is 0.152 e. The fraction of sp³-hybridized carbons (Fsp3) is 0.421. The highest BCUT2D eigenvalue weighted by Gasteiger charge is 2.23. The first-order valence-electron chi connectivity index (χ1n) is 9.13. The summed E-state index contributed by atoms with van der Waals surface area (Å²) in [5, 5.41) is 0. The Morgan fingerprint density at radius 2 is 1.92 bits per heavy atom. The number of quaternary nitrogens is 1. The van der Waals surface area contributed by atoms with E-state index in [2.05, 4.69) is 26.2 Å². The van der Waals surface area contributed by atoms with Crippen LogP contribution in [0.1, 0.15) is 13.3 Å². The molecule has 1 aromatic carbocycles. The lowest BCUT2D eigenvalue weighted by molar-refractivity contribution is -0.900. The molecule has 0 atom stereocenters. The minimum absolute atomic E-state index is 0.844. The highest BCUT2D eigenvalue weighted by molar-refractivity contribution is 7.14. The molecule has 0 unspecified atom stereocenters. The second-order valence-electron chi connectivity index (χ2n) is 6.62. The van der Waals surface area contributed by atoms with Gasteiger partial charge < -0.3 is 14.5 Å². The quantitative estimate of drug-likeness (QED) is 0.743. The topological polar surface area (TPSA) is 55.6 Å². The molecule has 4 rings (SSSR count). The van der Waals surface area contributed by atoms with E-state index in [9.17, 15) is 0 Å². The highest BCUT2D eigenvalue weighted by atomic mass is 32.1. The zero-order valence-electron chi connectivity index (χ0n) is 15.2. The van der Waals surface area contributed by atoms with Crippen molar-refractivity contribution in [2.45, 2.75) is 13.3 Å². The molecular formula is C19H24N5OS+. The molecule has 7 heteroatoms. The highest BCUT2D eigenvalue weighted by Crippen LogP contribution is 2.34. The van der Waals surface area contributed by atoms with Gasteiger partial charge in [-0.2, -0.15) is 4.37 Å². The third kappa shape index (κ3) is 3.24. The van der Waals surface area contributed by atoms with Crippen LogP contribution in [0.2, 0.25) is 0 Å². The Morgan fingerprint density at radius 3 is 2.62 bits per heavy atom. The van der Waals surface area contributed by atoms with E-state index >= 15 is 0 Å². The number of nitrogens with zero attached hydrogens (tertiary/aromatic N) is 4. The number of aromatic nitrogens is 3. The minimum atomic E-state index is 0.844. The number of rotatable bonds is 5. The van der Waals surface area contributed by atoms with Gasteiger partial charge in [0, 0.05) is 5.56 Å². The Kier molecular flexibility index (Phi) is 4.99. The van der Waals surface area contributed by atoms with E-state index in [1.165, 1.54) is 37.6 Å². The van der Waals surface area contributed by atoms with Gasteiger partial charge in [-0.1, -0.05) is 6.92 Å². The maximum absolute atomic E-state index is 5.25. The van der Waals surface area contributed by atoms with Crippen LogP contribution in [0.5, 0.6) is 5.75 Å². The average Bonchev–Trinajstić information content (AvgIpc) is 3.13. The summed E-state index contributed by atoms with van der Waals surface area (Å²) in [6.45, 7) is 7.93. The van der Waals surface area contributed by atoms with Crippen molar-refractivity contribution in [2.24, 2.45) is 0 Å². The normalized spacial score (nSPS) is 15.5. The van der Waals surface area contributed by atoms with Crippen molar-refractivity contribution in [3.63, 3.8) is 0 Å². The van der Waals surface area contributed by atoms with Gasteiger partial charge in [0.1, 0.15) is 28.0 Å². The first-order valence-corrected chi connectivity index (χ1v) is 9.90. The largest absolute Gasteiger partial charge is 0.497 e. The smallest absolute Gasteiger partial charge is 0.152 e. The van der Waals surface area contributed by atoms with E-state index in [1.807, 2.05) is 24.3 Å². The number of fused-ring (bicyclic) bond motifs is 1. The van der Waals surface area contributed by atoms with Gasteiger partial charge in [-0.3, -0.25) is 0 Å². The molecule has 0 amide bonds. The van der Waals surface area contributed by atoms with Crippen LogP contribution < -0.4 is 14.5 Å². The van der Waals surface area contributed by atoms with Gasteiger partial charge in [-0.05, 0) is 42.2 Å². The van der Waals surface area contributed by atoms with E-state index in [-0.39, 0.29) is 0 Å². The lowest BCUT2D eigenvalue weighted by Gasteiger charge is -2.32. The summed E-state index contributed by atoms with van der Waals surface area (Å²) >= 11 is 1.50. The van der Waals surface area contributed by atoms with Gasteiger partial charge in [0.25, 0.3) is 0 Å². The molecule has 1 aliphatic rings. The van der Waals surface area contributed by atoms with Crippen LogP contribution in [0, 0.1) is 0 Å². The van der Waals surface area contributed by atoms with Gasteiger partial charge in [0.2, 0.25) is 0 Å². The first kappa shape index (κ1) is 17.2. The monoisotopic (exact) mass is 370 g/mol. The van der Waals surface area contributed by atoms with Gasteiger partial charge in [-0.15, -0.1) is 0 Å². The number of nitrogens with one attached hydrogen (secondary N) is 1. The molecule has 6 nitrogen and oxygen atoms in total. The third-order valence-electron chi connectivity index (χ3n) is 4.97. The number of hydrogen-bond acceptors (Lipinski definition) is 6. The molecular weight excluding hydrogens is 346 g/mol. The van der Waals surface area contributed by atoms with E-state index in [1.54, 1.807) is 18.3 Å². The van der Waals surface area contributed by atoms with Crippen molar-refractivity contribution in [3.8, 4) is 17.0 Å². The van der Waals surface area contributed by atoms with Crippen molar-refractivity contribution in [1.29, 1.82) is 0 Å². The molecule has 1 N–H and O–H groups in total. The number of hydrogen-bond donors (Lipinski definition) is 1. The van der Waals surface area contributed by atoms with Crippen LogP contribution in [0.4, 0.5) is 5.82 Å². The fourth-order valence-corrected chi connectivity index (χ4v) is 4.43. The van der Waals surface area contributed by atoms with E-state index in [0.29, 0.717) is 0 Å². The standard InChI is InChI=1S/C19H23N5OS/c1-3-8-23-9-11-24(12-10-23)19-18-17(20-13-21-19)16(22-26-18)14-4-6-15(25-2)7-5-14/h4-7,13H,3,8-12H2,1-2H3/p+1. The summed E-state index contributed by atoms with van der Waals surface area (Å²) in [5.74, 6) is 1.87. The van der Waals surface area contributed by atoms with Crippen LogP contribution in [0.3, 0.4) is 0 Å². The zero-order valence-corrected chi connectivity index (χ0v) is 16.1. The predicted octanol–water partition coefficient (Wildman–Crippen LogP) is 1.88. The van der Waals surface area contributed by atoms with E-state index in [4.69, 9.17) is 4.74 Å². The van der Waals surface area contributed by atoms with Crippen LogP contribution >= 0.6 is 11.5 Å². The molecule has 0 radical (unpaired) electrons. The summed E-state index contributed by atoms with van der Waals surface area (Å²) < 4.78 is 11.0. The Balaban J connectivity index is 1.63. The van der Waals surface area contributed by atoms with Crippen molar-refractivity contribution in [1.82, 2.24) is 14.3 Å². The molecule has 0 bridgehead atoms. The summed E-state index contributed by atoms with van der Waals surface area (Å²) in [5.41, 5.74) is 2.92. The van der Waals surface area contributed by atoms with Gasteiger partial charge >= 0.3 is 0 Å². The van der Waals surface area contributed by atoms with E-state index < -0.39 is 0 Å². The van der Waals surface area contributed by atoms with Crippen LogP contribution in [-0.2, 0) is 0 Å². The van der Waals surface area contributed by atoms with Gasteiger partial charge in [0.05, 0.1) is 39.8 Å². The average molecular weight is 371 g/mol. The Hall–Kier alpha value is -2.25. The number of benzene rings is 1. The van der Waals surface area contributed by atoms with Crippen LogP contribution in [-0.4, -0.2) is 54.2 Å². The van der Waals surface area contributed by atoms with Crippen molar-refractivity contribution in [3.05, 3.63) is 30.6 Å².